The average Bonchev–Trinajstić information content (AvgIpc) is 2.68. The standard InChI is InChI=1S/C22H21NO2/c24-16-22(25)20-10-4-6-17(12-20)13-21(19-8-2-1-3-9-19)14-18-7-5-11-23-15-18/h1-12,15,21,24H,13-14,16H2. The normalized spacial score (nSPS) is 11.9. The fourth-order valence-corrected chi connectivity index (χ4v) is 3.08. The van der Waals surface area contributed by atoms with E-state index in [4.69, 9.17) is 5.11 Å². The van der Waals surface area contributed by atoms with Gasteiger partial charge in [0.15, 0.2) is 5.78 Å². The van der Waals surface area contributed by atoms with Gasteiger partial charge in [-0.25, -0.2) is 0 Å². The zero-order valence-electron chi connectivity index (χ0n) is 14.0. The molecule has 0 fully saturated rings. The number of carbonyl (C=O) groups excluding carboxylic acids is 1. The molecule has 3 rings (SSSR count). The highest BCUT2D eigenvalue weighted by atomic mass is 16.3. The molecule has 1 aromatic heterocycles. The molecule has 3 aromatic rings. The van der Waals surface area contributed by atoms with E-state index in [0.29, 0.717) is 11.5 Å². The summed E-state index contributed by atoms with van der Waals surface area (Å²) in [7, 11) is 0. The lowest BCUT2D eigenvalue weighted by molar-refractivity contribution is 0.0903. The average molecular weight is 331 g/mol. The number of hydrogen-bond acceptors (Lipinski definition) is 3. The Hall–Kier alpha value is -2.78. The van der Waals surface area contributed by atoms with Gasteiger partial charge >= 0.3 is 0 Å². The van der Waals surface area contributed by atoms with Gasteiger partial charge in [-0.05, 0) is 47.6 Å². The van der Waals surface area contributed by atoms with Crippen LogP contribution in [-0.4, -0.2) is 22.5 Å². The third kappa shape index (κ3) is 4.61. The Bertz CT molecular complexity index is 816. The van der Waals surface area contributed by atoms with E-state index < -0.39 is 6.61 Å². The molecule has 1 N–H and O–H groups in total. The van der Waals surface area contributed by atoms with Gasteiger partial charge in [0.1, 0.15) is 6.61 Å². The first-order valence-corrected chi connectivity index (χ1v) is 8.43. The van der Waals surface area contributed by atoms with Crippen LogP contribution in [0.5, 0.6) is 0 Å². The molecule has 1 unspecified atom stereocenters. The number of rotatable bonds is 7. The molecule has 2 aromatic carbocycles. The van der Waals surface area contributed by atoms with E-state index in [1.165, 1.54) is 11.1 Å². The SMILES string of the molecule is O=C(CO)c1cccc(CC(Cc2cccnc2)c2ccccc2)c1. The van der Waals surface area contributed by atoms with E-state index in [2.05, 4.69) is 35.3 Å². The summed E-state index contributed by atoms with van der Waals surface area (Å²) < 4.78 is 0. The Morgan fingerprint density at radius 2 is 1.68 bits per heavy atom. The highest BCUT2D eigenvalue weighted by Gasteiger charge is 2.14. The summed E-state index contributed by atoms with van der Waals surface area (Å²) in [5, 5.41) is 9.08. The van der Waals surface area contributed by atoms with Gasteiger partial charge in [-0.2, -0.15) is 0 Å². The molecule has 0 bridgehead atoms. The molecule has 0 saturated carbocycles. The quantitative estimate of drug-likeness (QED) is 0.670. The van der Waals surface area contributed by atoms with Crippen LogP contribution in [0.25, 0.3) is 0 Å². The van der Waals surface area contributed by atoms with Crippen molar-refractivity contribution < 1.29 is 9.90 Å². The first-order valence-electron chi connectivity index (χ1n) is 8.43. The topological polar surface area (TPSA) is 50.2 Å². The number of Topliss-reactive ketones (excluding diaryl/α,β-unsaturated/α-hetero) is 1. The minimum Gasteiger partial charge on any atom is -0.388 e. The van der Waals surface area contributed by atoms with Crippen molar-refractivity contribution in [2.24, 2.45) is 0 Å². The molecule has 0 aliphatic carbocycles. The monoisotopic (exact) mass is 331 g/mol. The zero-order chi connectivity index (χ0) is 17.5. The molecule has 126 valence electrons. The predicted octanol–water partition coefficient (Wildman–Crippen LogP) is 3.83. The molecule has 3 nitrogen and oxygen atoms in total. The van der Waals surface area contributed by atoms with Crippen LogP contribution in [0, 0.1) is 0 Å². The largest absolute Gasteiger partial charge is 0.388 e. The van der Waals surface area contributed by atoms with Crippen LogP contribution in [0.4, 0.5) is 0 Å². The summed E-state index contributed by atoms with van der Waals surface area (Å²) >= 11 is 0. The number of aliphatic hydroxyl groups is 1. The Balaban J connectivity index is 1.86. The molecule has 3 heteroatoms. The van der Waals surface area contributed by atoms with Crippen molar-refractivity contribution in [3.05, 3.63) is 101 Å². The fourth-order valence-electron chi connectivity index (χ4n) is 3.08. The highest BCUT2D eigenvalue weighted by molar-refractivity contribution is 5.97. The zero-order valence-corrected chi connectivity index (χ0v) is 14.0. The van der Waals surface area contributed by atoms with Crippen molar-refractivity contribution in [1.29, 1.82) is 0 Å². The number of nitrogens with zero attached hydrogens (tertiary/aromatic N) is 1. The molecule has 0 aliphatic heterocycles. The van der Waals surface area contributed by atoms with Crippen LogP contribution in [0.1, 0.15) is 33.0 Å². The third-order valence-electron chi connectivity index (χ3n) is 4.35. The van der Waals surface area contributed by atoms with E-state index in [-0.39, 0.29) is 5.78 Å². The van der Waals surface area contributed by atoms with Crippen molar-refractivity contribution in [1.82, 2.24) is 4.98 Å². The summed E-state index contributed by atoms with van der Waals surface area (Å²) in [6.07, 6.45) is 5.40. The lowest BCUT2D eigenvalue weighted by Crippen LogP contribution is -2.09. The number of benzene rings is 2. The lowest BCUT2D eigenvalue weighted by atomic mass is 9.86. The van der Waals surface area contributed by atoms with E-state index in [0.717, 1.165) is 18.4 Å². The molecule has 0 aliphatic rings. The number of pyridine rings is 1. The van der Waals surface area contributed by atoms with E-state index in [9.17, 15) is 4.79 Å². The Morgan fingerprint density at radius 1 is 0.920 bits per heavy atom. The number of aromatic nitrogens is 1. The van der Waals surface area contributed by atoms with E-state index in [1.807, 2.05) is 36.5 Å². The minimum absolute atomic E-state index is 0.245. The van der Waals surface area contributed by atoms with E-state index in [1.54, 1.807) is 12.3 Å². The molecule has 25 heavy (non-hydrogen) atoms. The summed E-state index contributed by atoms with van der Waals surface area (Å²) in [6.45, 7) is -0.457. The van der Waals surface area contributed by atoms with Crippen LogP contribution in [0.15, 0.2) is 79.1 Å². The number of hydrogen-bond donors (Lipinski definition) is 1. The van der Waals surface area contributed by atoms with Crippen molar-refractivity contribution >= 4 is 5.78 Å². The number of carbonyl (C=O) groups is 1. The summed E-state index contributed by atoms with van der Waals surface area (Å²) in [4.78, 5) is 16.0. The van der Waals surface area contributed by atoms with E-state index >= 15 is 0 Å². The molecular weight excluding hydrogens is 310 g/mol. The Kier molecular flexibility index (Phi) is 5.70. The molecular formula is C22H21NO2. The van der Waals surface area contributed by atoms with Crippen molar-refractivity contribution in [3.63, 3.8) is 0 Å². The van der Waals surface area contributed by atoms with Crippen LogP contribution < -0.4 is 0 Å². The van der Waals surface area contributed by atoms with Crippen LogP contribution >= 0.6 is 0 Å². The van der Waals surface area contributed by atoms with Crippen molar-refractivity contribution in [2.45, 2.75) is 18.8 Å². The van der Waals surface area contributed by atoms with Gasteiger partial charge in [-0.1, -0.05) is 54.6 Å². The van der Waals surface area contributed by atoms with Gasteiger partial charge in [-0.15, -0.1) is 0 Å². The molecule has 0 spiro atoms. The van der Waals surface area contributed by atoms with Crippen molar-refractivity contribution in [2.75, 3.05) is 6.61 Å². The van der Waals surface area contributed by atoms with Gasteiger partial charge in [0, 0.05) is 18.0 Å². The first kappa shape index (κ1) is 17.1. The third-order valence-corrected chi connectivity index (χ3v) is 4.35. The lowest BCUT2D eigenvalue weighted by Gasteiger charge is -2.18. The second-order valence-electron chi connectivity index (χ2n) is 6.16. The van der Waals surface area contributed by atoms with Gasteiger partial charge < -0.3 is 5.11 Å². The highest BCUT2D eigenvalue weighted by Crippen LogP contribution is 2.25. The van der Waals surface area contributed by atoms with Crippen LogP contribution in [0.3, 0.4) is 0 Å². The maximum atomic E-state index is 11.8. The van der Waals surface area contributed by atoms with Gasteiger partial charge in [0.05, 0.1) is 0 Å². The minimum atomic E-state index is -0.457. The van der Waals surface area contributed by atoms with Crippen LogP contribution in [0.2, 0.25) is 0 Å². The molecule has 0 radical (unpaired) electrons. The number of ketones is 1. The fraction of sp³-hybridized carbons (Fsp3) is 0.182. The molecule has 1 heterocycles. The van der Waals surface area contributed by atoms with Gasteiger partial charge in [-0.3, -0.25) is 9.78 Å². The smallest absolute Gasteiger partial charge is 0.188 e. The maximum Gasteiger partial charge on any atom is 0.188 e. The second-order valence-corrected chi connectivity index (χ2v) is 6.16. The number of aliphatic hydroxyl groups excluding tert-OH is 1. The Morgan fingerprint density at radius 3 is 2.40 bits per heavy atom. The first-order chi connectivity index (χ1) is 12.3. The molecule has 1 atom stereocenters. The van der Waals surface area contributed by atoms with Gasteiger partial charge in [0.2, 0.25) is 0 Å². The molecule has 0 saturated heterocycles. The predicted molar refractivity (Wildman–Crippen MR) is 98.7 cm³/mol. The van der Waals surface area contributed by atoms with Crippen molar-refractivity contribution in [3.8, 4) is 0 Å². The van der Waals surface area contributed by atoms with Crippen LogP contribution in [-0.2, 0) is 12.8 Å². The maximum absolute atomic E-state index is 11.8. The van der Waals surface area contributed by atoms with Gasteiger partial charge in [0.25, 0.3) is 0 Å². The Labute approximate surface area is 148 Å². The second kappa shape index (κ2) is 8.36. The summed E-state index contributed by atoms with van der Waals surface area (Å²) in [5.41, 5.74) is 4.12. The summed E-state index contributed by atoms with van der Waals surface area (Å²) in [6, 6.07) is 22.0. The summed E-state index contributed by atoms with van der Waals surface area (Å²) in [5.74, 6) is 0.0512. The molecule has 0 amide bonds.